The number of hydrogen-bond acceptors (Lipinski definition) is 6. The second-order valence-electron chi connectivity index (χ2n) is 7.94. The van der Waals surface area contributed by atoms with Crippen molar-refractivity contribution in [2.75, 3.05) is 13.2 Å². The number of benzene rings is 1. The molecule has 1 unspecified atom stereocenters. The second-order valence-corrected chi connectivity index (χ2v) is 7.94. The van der Waals surface area contributed by atoms with Gasteiger partial charge in [-0.1, -0.05) is 59.3 Å². The number of Topliss-reactive ketones (excluding diaryl/α,β-unsaturated/α-hetero) is 1. The lowest BCUT2D eigenvalue weighted by Crippen LogP contribution is -2.43. The van der Waals surface area contributed by atoms with Gasteiger partial charge in [-0.15, -0.1) is 0 Å². The number of rotatable bonds is 18. The number of carbonyl (C=O) groups is 2. The van der Waals surface area contributed by atoms with Gasteiger partial charge in [0, 0.05) is 13.3 Å². The van der Waals surface area contributed by atoms with Gasteiger partial charge in [-0.05, 0) is 31.4 Å². The lowest BCUT2D eigenvalue weighted by molar-refractivity contribution is -0.172. The molecular weight excluding hydrogens is 396 g/mol. The van der Waals surface area contributed by atoms with Gasteiger partial charge in [0.2, 0.25) is 11.5 Å². The van der Waals surface area contributed by atoms with E-state index in [1.165, 1.54) is 6.92 Å². The minimum absolute atomic E-state index is 0.154. The molecule has 0 heterocycles. The number of unbranched alkanes of at least 4 members (excludes halogenated alkanes) is 6. The van der Waals surface area contributed by atoms with E-state index in [1.54, 1.807) is 12.1 Å². The van der Waals surface area contributed by atoms with Crippen LogP contribution in [0.4, 0.5) is 0 Å². The standard InChI is InChI=1S/C25H40O6/c1-5-8-10-12-17-29-23-21(19-26)14-15-22(24(23)30-18-13-11-9-6-2)31-25(28,16-7-3)20(4)27/h14-15,19,28H,5-13,16-18H2,1-4H3. The normalized spacial score (nSPS) is 12.8. The minimum Gasteiger partial charge on any atom is -0.489 e. The van der Waals surface area contributed by atoms with Gasteiger partial charge in [0.15, 0.2) is 17.8 Å². The quantitative estimate of drug-likeness (QED) is 0.176. The Morgan fingerprint density at radius 2 is 1.48 bits per heavy atom. The van der Waals surface area contributed by atoms with Gasteiger partial charge in [0.05, 0.1) is 18.8 Å². The molecule has 0 amide bonds. The summed E-state index contributed by atoms with van der Waals surface area (Å²) >= 11 is 0. The average Bonchev–Trinajstić information content (AvgIpc) is 2.74. The molecule has 0 radical (unpaired) electrons. The zero-order chi connectivity index (χ0) is 23.1. The van der Waals surface area contributed by atoms with Crippen LogP contribution in [0.5, 0.6) is 17.2 Å². The van der Waals surface area contributed by atoms with Crippen LogP contribution < -0.4 is 14.2 Å². The van der Waals surface area contributed by atoms with Crippen molar-refractivity contribution in [2.45, 2.75) is 97.7 Å². The molecule has 0 saturated heterocycles. The molecule has 1 rings (SSSR count). The first-order valence-electron chi connectivity index (χ1n) is 11.7. The van der Waals surface area contributed by atoms with Gasteiger partial charge >= 0.3 is 0 Å². The highest BCUT2D eigenvalue weighted by molar-refractivity contribution is 5.84. The topological polar surface area (TPSA) is 82.1 Å². The molecule has 31 heavy (non-hydrogen) atoms. The summed E-state index contributed by atoms with van der Waals surface area (Å²) < 4.78 is 17.7. The second kappa shape index (κ2) is 14.8. The predicted octanol–water partition coefficient (Wildman–Crippen LogP) is 5.87. The van der Waals surface area contributed by atoms with E-state index >= 15 is 0 Å². The SMILES string of the molecule is CCCCCCOc1c(C=O)ccc(OC(O)(CCC)C(C)=O)c1OCCCCCC. The van der Waals surface area contributed by atoms with Crippen molar-refractivity contribution in [3.8, 4) is 17.2 Å². The van der Waals surface area contributed by atoms with E-state index in [4.69, 9.17) is 14.2 Å². The molecule has 1 aromatic carbocycles. The first kappa shape index (κ1) is 27.0. The van der Waals surface area contributed by atoms with Crippen molar-refractivity contribution >= 4 is 12.1 Å². The van der Waals surface area contributed by atoms with Crippen molar-refractivity contribution < 1.29 is 28.9 Å². The van der Waals surface area contributed by atoms with E-state index in [-0.39, 0.29) is 17.9 Å². The van der Waals surface area contributed by atoms with Crippen molar-refractivity contribution in [3.63, 3.8) is 0 Å². The molecule has 0 spiro atoms. The van der Waals surface area contributed by atoms with Crippen LogP contribution in [0.2, 0.25) is 0 Å². The Labute approximate surface area is 187 Å². The fourth-order valence-corrected chi connectivity index (χ4v) is 3.24. The first-order chi connectivity index (χ1) is 14.9. The van der Waals surface area contributed by atoms with E-state index in [9.17, 15) is 14.7 Å². The summed E-state index contributed by atoms with van der Waals surface area (Å²) in [6.45, 7) is 8.32. The molecule has 0 aliphatic carbocycles. The maximum absolute atomic E-state index is 12.1. The molecule has 0 aliphatic rings. The third-order valence-electron chi connectivity index (χ3n) is 5.14. The van der Waals surface area contributed by atoms with Crippen molar-refractivity contribution in [2.24, 2.45) is 0 Å². The molecule has 176 valence electrons. The number of aldehydes is 1. The third kappa shape index (κ3) is 8.90. The van der Waals surface area contributed by atoms with E-state index in [2.05, 4.69) is 13.8 Å². The number of ether oxygens (including phenoxy) is 3. The zero-order valence-corrected chi connectivity index (χ0v) is 19.7. The van der Waals surface area contributed by atoms with E-state index < -0.39 is 11.6 Å². The number of ketones is 1. The predicted molar refractivity (Wildman–Crippen MR) is 122 cm³/mol. The average molecular weight is 437 g/mol. The molecule has 1 N–H and O–H groups in total. The molecule has 0 fully saturated rings. The van der Waals surface area contributed by atoms with Crippen LogP contribution in [0, 0.1) is 0 Å². The highest BCUT2D eigenvalue weighted by Crippen LogP contribution is 2.42. The summed E-state index contributed by atoms with van der Waals surface area (Å²) in [5.41, 5.74) is 0.355. The van der Waals surface area contributed by atoms with Crippen LogP contribution in [-0.4, -0.2) is 36.2 Å². The minimum atomic E-state index is -1.95. The van der Waals surface area contributed by atoms with Gasteiger partial charge in [0.25, 0.3) is 5.79 Å². The Hall–Kier alpha value is -2.08. The molecular formula is C25H40O6. The summed E-state index contributed by atoms with van der Waals surface area (Å²) in [6.07, 6.45) is 9.69. The zero-order valence-electron chi connectivity index (χ0n) is 19.7. The van der Waals surface area contributed by atoms with Crippen LogP contribution >= 0.6 is 0 Å². The van der Waals surface area contributed by atoms with Crippen molar-refractivity contribution in [1.82, 2.24) is 0 Å². The summed E-state index contributed by atoms with van der Waals surface area (Å²) in [7, 11) is 0. The van der Waals surface area contributed by atoms with Crippen molar-refractivity contribution in [1.29, 1.82) is 0 Å². The number of aliphatic hydroxyl groups is 1. The van der Waals surface area contributed by atoms with Gasteiger partial charge in [-0.2, -0.15) is 0 Å². The van der Waals surface area contributed by atoms with Gasteiger partial charge < -0.3 is 19.3 Å². The van der Waals surface area contributed by atoms with Crippen LogP contribution in [0.1, 0.15) is 102 Å². The first-order valence-corrected chi connectivity index (χ1v) is 11.7. The largest absolute Gasteiger partial charge is 0.489 e. The molecule has 0 bridgehead atoms. The van der Waals surface area contributed by atoms with Crippen LogP contribution in [0.25, 0.3) is 0 Å². The maximum atomic E-state index is 12.1. The van der Waals surface area contributed by atoms with Crippen LogP contribution in [0.15, 0.2) is 12.1 Å². The molecule has 1 aromatic rings. The van der Waals surface area contributed by atoms with Crippen molar-refractivity contribution in [3.05, 3.63) is 17.7 Å². The van der Waals surface area contributed by atoms with E-state index in [1.807, 2.05) is 6.92 Å². The van der Waals surface area contributed by atoms with Gasteiger partial charge in [0.1, 0.15) is 0 Å². The summed E-state index contributed by atoms with van der Waals surface area (Å²) in [5, 5.41) is 10.8. The summed E-state index contributed by atoms with van der Waals surface area (Å²) in [6, 6.07) is 3.12. The lowest BCUT2D eigenvalue weighted by atomic mass is 10.1. The lowest BCUT2D eigenvalue weighted by Gasteiger charge is -2.28. The van der Waals surface area contributed by atoms with Gasteiger partial charge in [-0.3, -0.25) is 9.59 Å². The Morgan fingerprint density at radius 1 is 0.903 bits per heavy atom. The van der Waals surface area contributed by atoms with Crippen LogP contribution in [0.3, 0.4) is 0 Å². The Bertz CT molecular complexity index is 672. The number of carbonyl (C=O) groups excluding carboxylic acids is 2. The molecule has 6 nitrogen and oxygen atoms in total. The van der Waals surface area contributed by atoms with E-state index in [0.29, 0.717) is 30.9 Å². The smallest absolute Gasteiger partial charge is 0.267 e. The fraction of sp³-hybridized carbons (Fsp3) is 0.680. The third-order valence-corrected chi connectivity index (χ3v) is 5.14. The van der Waals surface area contributed by atoms with Crippen LogP contribution in [-0.2, 0) is 4.79 Å². The van der Waals surface area contributed by atoms with E-state index in [0.717, 1.165) is 57.7 Å². The highest BCUT2D eigenvalue weighted by atomic mass is 16.6. The highest BCUT2D eigenvalue weighted by Gasteiger charge is 2.36. The monoisotopic (exact) mass is 436 g/mol. The molecule has 1 atom stereocenters. The summed E-state index contributed by atoms with van der Waals surface area (Å²) in [4.78, 5) is 23.7. The summed E-state index contributed by atoms with van der Waals surface area (Å²) in [5.74, 6) is -1.65. The molecule has 0 aromatic heterocycles. The molecule has 6 heteroatoms. The van der Waals surface area contributed by atoms with Gasteiger partial charge in [-0.25, -0.2) is 0 Å². The Balaban J connectivity index is 3.18. The molecule has 0 aliphatic heterocycles. The molecule has 0 saturated carbocycles. The number of hydrogen-bond donors (Lipinski definition) is 1. The Kier molecular flexibility index (Phi) is 12.9. The maximum Gasteiger partial charge on any atom is 0.267 e. The fourth-order valence-electron chi connectivity index (χ4n) is 3.24. The Morgan fingerprint density at radius 3 is 1.97 bits per heavy atom.